The Morgan fingerprint density at radius 3 is 2.36 bits per heavy atom. The number of aliphatic hydroxyl groups is 2. The summed E-state index contributed by atoms with van der Waals surface area (Å²) in [6.07, 6.45) is -0.542. The molecule has 0 bridgehead atoms. The summed E-state index contributed by atoms with van der Waals surface area (Å²) in [5.74, 6) is 0.658. The van der Waals surface area contributed by atoms with Gasteiger partial charge in [-0.25, -0.2) is 0 Å². The Labute approximate surface area is 131 Å². The van der Waals surface area contributed by atoms with Crippen LogP contribution in [0.2, 0.25) is 0 Å². The van der Waals surface area contributed by atoms with E-state index in [1.54, 1.807) is 24.3 Å². The van der Waals surface area contributed by atoms with E-state index in [0.29, 0.717) is 17.9 Å². The van der Waals surface area contributed by atoms with Crippen LogP contribution in [0.1, 0.15) is 5.56 Å². The highest BCUT2D eigenvalue weighted by Gasteiger charge is 2.19. The predicted octanol–water partition coefficient (Wildman–Crippen LogP) is -0.0921. The second-order valence-electron chi connectivity index (χ2n) is 5.47. The Morgan fingerprint density at radius 2 is 1.77 bits per heavy atom. The molecule has 2 N–H and O–H groups in total. The summed E-state index contributed by atoms with van der Waals surface area (Å²) in [5.41, 5.74) is 0.591. The number of nitrogens with zero attached hydrogens (tertiary/aromatic N) is 3. The zero-order valence-electron chi connectivity index (χ0n) is 12.7. The van der Waals surface area contributed by atoms with Gasteiger partial charge in [0.15, 0.2) is 0 Å². The molecule has 22 heavy (non-hydrogen) atoms. The summed E-state index contributed by atoms with van der Waals surface area (Å²) in [5, 5.41) is 27.7. The van der Waals surface area contributed by atoms with E-state index in [2.05, 4.69) is 15.9 Å². The first kappa shape index (κ1) is 16.7. The van der Waals surface area contributed by atoms with E-state index < -0.39 is 6.10 Å². The molecular formula is C16H23N3O3. The van der Waals surface area contributed by atoms with Crippen LogP contribution in [-0.2, 0) is 0 Å². The number of piperazine rings is 1. The van der Waals surface area contributed by atoms with Crippen molar-refractivity contribution in [1.29, 1.82) is 5.26 Å². The van der Waals surface area contributed by atoms with Gasteiger partial charge in [-0.3, -0.25) is 9.80 Å². The topological polar surface area (TPSA) is 80.0 Å². The van der Waals surface area contributed by atoms with Gasteiger partial charge in [0.2, 0.25) is 0 Å². The minimum Gasteiger partial charge on any atom is -0.491 e. The summed E-state index contributed by atoms with van der Waals surface area (Å²) >= 11 is 0. The maximum atomic E-state index is 10.1. The average molecular weight is 305 g/mol. The Kier molecular flexibility index (Phi) is 6.62. The van der Waals surface area contributed by atoms with Gasteiger partial charge in [-0.1, -0.05) is 0 Å². The molecule has 1 fully saturated rings. The molecule has 0 saturated carbocycles. The lowest BCUT2D eigenvalue weighted by Crippen LogP contribution is -2.49. The Balaban J connectivity index is 1.67. The third-order valence-corrected chi connectivity index (χ3v) is 3.78. The van der Waals surface area contributed by atoms with E-state index in [4.69, 9.17) is 15.1 Å². The number of rotatable bonds is 7. The van der Waals surface area contributed by atoms with Crippen molar-refractivity contribution >= 4 is 0 Å². The highest BCUT2D eigenvalue weighted by Crippen LogP contribution is 2.12. The van der Waals surface area contributed by atoms with Crippen molar-refractivity contribution in [2.75, 3.05) is 52.5 Å². The van der Waals surface area contributed by atoms with Crippen LogP contribution >= 0.6 is 0 Å². The molecule has 120 valence electrons. The molecule has 0 aliphatic carbocycles. The van der Waals surface area contributed by atoms with Crippen LogP contribution in [0.15, 0.2) is 24.3 Å². The van der Waals surface area contributed by atoms with E-state index in [9.17, 15) is 5.11 Å². The molecule has 1 atom stereocenters. The van der Waals surface area contributed by atoms with E-state index in [1.807, 2.05) is 0 Å². The number of nitriles is 1. The van der Waals surface area contributed by atoms with Crippen molar-refractivity contribution in [2.45, 2.75) is 6.10 Å². The largest absolute Gasteiger partial charge is 0.491 e. The zero-order valence-corrected chi connectivity index (χ0v) is 12.7. The lowest BCUT2D eigenvalue weighted by atomic mass is 10.2. The summed E-state index contributed by atoms with van der Waals surface area (Å²) in [4.78, 5) is 4.43. The van der Waals surface area contributed by atoms with Crippen molar-refractivity contribution in [1.82, 2.24) is 9.80 Å². The van der Waals surface area contributed by atoms with Crippen molar-refractivity contribution in [3.63, 3.8) is 0 Å². The minimum absolute atomic E-state index is 0.195. The summed E-state index contributed by atoms with van der Waals surface area (Å²) in [6.45, 7) is 5.38. The fourth-order valence-electron chi connectivity index (χ4n) is 2.51. The molecule has 1 aliphatic heterocycles. The number of β-amino-alcohol motifs (C(OH)–C–C–N with tert-alkyl or cyclic N) is 2. The number of aliphatic hydroxyl groups excluding tert-OH is 2. The molecule has 1 saturated heterocycles. The van der Waals surface area contributed by atoms with Crippen LogP contribution in [0.3, 0.4) is 0 Å². The molecule has 0 unspecified atom stereocenters. The van der Waals surface area contributed by atoms with E-state index in [-0.39, 0.29) is 13.2 Å². The molecule has 0 aromatic heterocycles. The lowest BCUT2D eigenvalue weighted by Gasteiger charge is -2.35. The van der Waals surface area contributed by atoms with E-state index in [1.165, 1.54) is 0 Å². The van der Waals surface area contributed by atoms with Gasteiger partial charge in [-0.2, -0.15) is 5.26 Å². The molecule has 0 radical (unpaired) electrons. The zero-order chi connectivity index (χ0) is 15.8. The van der Waals surface area contributed by atoms with Crippen LogP contribution < -0.4 is 4.74 Å². The summed E-state index contributed by atoms with van der Waals surface area (Å²) < 4.78 is 5.54. The quantitative estimate of drug-likeness (QED) is 0.733. The van der Waals surface area contributed by atoms with E-state index in [0.717, 1.165) is 32.7 Å². The number of benzene rings is 1. The van der Waals surface area contributed by atoms with Crippen LogP contribution in [0, 0.1) is 11.3 Å². The first-order chi connectivity index (χ1) is 10.7. The maximum Gasteiger partial charge on any atom is 0.119 e. The summed E-state index contributed by atoms with van der Waals surface area (Å²) in [6, 6.07) is 8.92. The Morgan fingerprint density at radius 1 is 1.14 bits per heavy atom. The first-order valence-corrected chi connectivity index (χ1v) is 7.58. The molecule has 6 heteroatoms. The SMILES string of the molecule is N#Cc1ccc(OC[C@@H](O)CN2CCN(CCO)CC2)cc1. The van der Waals surface area contributed by atoms with Gasteiger partial charge in [-0.05, 0) is 24.3 Å². The highest BCUT2D eigenvalue weighted by atomic mass is 16.5. The van der Waals surface area contributed by atoms with E-state index >= 15 is 0 Å². The van der Waals surface area contributed by atoms with Crippen molar-refractivity contribution in [3.8, 4) is 11.8 Å². The smallest absolute Gasteiger partial charge is 0.119 e. The van der Waals surface area contributed by atoms with Crippen molar-refractivity contribution in [2.24, 2.45) is 0 Å². The standard InChI is InChI=1S/C16H23N3O3/c17-11-14-1-3-16(4-2-14)22-13-15(21)12-19-7-5-18(6-8-19)9-10-20/h1-4,15,20-21H,5-10,12-13H2/t15-/m0/s1. The van der Waals surface area contributed by atoms with Crippen LogP contribution in [0.4, 0.5) is 0 Å². The minimum atomic E-state index is -0.542. The molecule has 6 nitrogen and oxygen atoms in total. The molecule has 1 heterocycles. The predicted molar refractivity (Wildman–Crippen MR) is 82.6 cm³/mol. The molecule has 2 rings (SSSR count). The van der Waals surface area contributed by atoms with Gasteiger partial charge >= 0.3 is 0 Å². The molecule has 1 aliphatic rings. The summed E-state index contributed by atoms with van der Waals surface area (Å²) in [7, 11) is 0. The number of hydrogen-bond acceptors (Lipinski definition) is 6. The Bertz CT molecular complexity index is 478. The van der Waals surface area contributed by atoms with Crippen LogP contribution in [0.25, 0.3) is 0 Å². The molecule has 0 amide bonds. The second kappa shape index (κ2) is 8.71. The Hall–Kier alpha value is -1.65. The fraction of sp³-hybridized carbons (Fsp3) is 0.562. The second-order valence-corrected chi connectivity index (χ2v) is 5.47. The van der Waals surface area contributed by atoms with Crippen molar-refractivity contribution in [3.05, 3.63) is 29.8 Å². The highest BCUT2D eigenvalue weighted by molar-refractivity contribution is 5.34. The van der Waals surface area contributed by atoms with Gasteiger partial charge in [0.25, 0.3) is 0 Å². The van der Waals surface area contributed by atoms with Gasteiger partial charge < -0.3 is 14.9 Å². The first-order valence-electron chi connectivity index (χ1n) is 7.58. The molecular weight excluding hydrogens is 282 g/mol. The number of hydrogen-bond donors (Lipinski definition) is 2. The normalized spacial score (nSPS) is 17.9. The third-order valence-electron chi connectivity index (χ3n) is 3.78. The maximum absolute atomic E-state index is 10.1. The number of ether oxygens (including phenoxy) is 1. The molecule has 1 aromatic rings. The van der Waals surface area contributed by atoms with Crippen LogP contribution in [-0.4, -0.2) is 78.6 Å². The van der Waals surface area contributed by atoms with Gasteiger partial charge in [0, 0.05) is 39.3 Å². The fourth-order valence-corrected chi connectivity index (χ4v) is 2.51. The third kappa shape index (κ3) is 5.28. The average Bonchev–Trinajstić information content (AvgIpc) is 2.55. The van der Waals surface area contributed by atoms with Gasteiger partial charge in [0.05, 0.1) is 18.2 Å². The molecule has 1 aromatic carbocycles. The molecule has 0 spiro atoms. The lowest BCUT2D eigenvalue weighted by molar-refractivity contribution is 0.0428. The van der Waals surface area contributed by atoms with Gasteiger partial charge in [0.1, 0.15) is 18.5 Å². The van der Waals surface area contributed by atoms with Crippen LogP contribution in [0.5, 0.6) is 5.75 Å². The monoisotopic (exact) mass is 305 g/mol. The van der Waals surface area contributed by atoms with Gasteiger partial charge in [-0.15, -0.1) is 0 Å². The van der Waals surface area contributed by atoms with Crippen molar-refractivity contribution < 1.29 is 14.9 Å².